The molecular formula is C14H12BrNO3. The van der Waals surface area contributed by atoms with E-state index < -0.39 is 12.0 Å². The fourth-order valence-corrected chi connectivity index (χ4v) is 2.68. The molecule has 0 bridgehead atoms. The lowest BCUT2D eigenvalue weighted by Gasteiger charge is -2.09. The fourth-order valence-electron chi connectivity index (χ4n) is 1.99. The predicted octanol–water partition coefficient (Wildman–Crippen LogP) is 3.75. The first-order valence-electron chi connectivity index (χ1n) is 5.85. The maximum Gasteiger partial charge on any atom is 0.332 e. The number of nitroso groups, excluding NO2 is 1. The molecule has 0 amide bonds. The lowest BCUT2D eigenvalue weighted by molar-refractivity contribution is -0.138. The molecule has 19 heavy (non-hydrogen) atoms. The third kappa shape index (κ3) is 2.98. The van der Waals surface area contributed by atoms with Gasteiger partial charge in [0, 0.05) is 4.47 Å². The number of carboxylic acid groups (broad SMARTS) is 1. The fraction of sp³-hybridized carbons (Fsp3) is 0.214. The van der Waals surface area contributed by atoms with Crippen LogP contribution in [-0.4, -0.2) is 17.1 Å². The Hall–Kier alpha value is -1.75. The standard InChI is InChI=1S/C14H12BrNO3/c15-13-10(7-8-12(16-19)14(17)18)6-5-9-3-1-2-4-11(9)13/h1-6,12H,7-8H2,(H,17,18). The van der Waals surface area contributed by atoms with Crippen molar-refractivity contribution in [3.05, 3.63) is 51.3 Å². The van der Waals surface area contributed by atoms with Crippen LogP contribution in [0, 0.1) is 4.91 Å². The highest BCUT2D eigenvalue weighted by Gasteiger charge is 2.18. The quantitative estimate of drug-likeness (QED) is 0.853. The maximum absolute atomic E-state index is 10.7. The average molecular weight is 322 g/mol. The van der Waals surface area contributed by atoms with Gasteiger partial charge in [-0.3, -0.25) is 0 Å². The van der Waals surface area contributed by atoms with Crippen LogP contribution in [0.5, 0.6) is 0 Å². The number of hydrogen-bond donors (Lipinski definition) is 1. The van der Waals surface area contributed by atoms with Crippen LogP contribution in [0.1, 0.15) is 12.0 Å². The second kappa shape index (κ2) is 5.93. The second-order valence-electron chi connectivity index (χ2n) is 4.26. The molecule has 4 nitrogen and oxygen atoms in total. The number of rotatable bonds is 5. The van der Waals surface area contributed by atoms with E-state index in [2.05, 4.69) is 21.1 Å². The Morgan fingerprint density at radius 1 is 1.26 bits per heavy atom. The third-order valence-electron chi connectivity index (χ3n) is 3.04. The first-order valence-corrected chi connectivity index (χ1v) is 6.64. The lowest BCUT2D eigenvalue weighted by Crippen LogP contribution is -2.17. The average Bonchev–Trinajstić information content (AvgIpc) is 2.41. The van der Waals surface area contributed by atoms with Gasteiger partial charge in [-0.1, -0.05) is 41.6 Å². The SMILES string of the molecule is O=NC(CCc1ccc2ccccc2c1Br)C(=O)O. The van der Waals surface area contributed by atoms with Gasteiger partial charge in [0.1, 0.15) is 0 Å². The molecule has 98 valence electrons. The van der Waals surface area contributed by atoms with Gasteiger partial charge < -0.3 is 5.11 Å². The monoisotopic (exact) mass is 321 g/mol. The molecule has 0 heterocycles. The number of halogens is 1. The molecule has 1 N–H and O–H groups in total. The number of carboxylic acids is 1. The molecule has 2 rings (SSSR count). The zero-order valence-electron chi connectivity index (χ0n) is 10.0. The van der Waals surface area contributed by atoms with E-state index in [0.717, 1.165) is 20.8 Å². The summed E-state index contributed by atoms with van der Waals surface area (Å²) < 4.78 is 0.945. The normalized spacial score (nSPS) is 12.3. The van der Waals surface area contributed by atoms with Gasteiger partial charge in [0.25, 0.3) is 0 Å². The molecule has 1 atom stereocenters. The molecule has 0 fully saturated rings. The molecule has 5 heteroatoms. The minimum atomic E-state index is -1.18. The van der Waals surface area contributed by atoms with Crippen molar-refractivity contribution in [2.45, 2.75) is 18.9 Å². The Balaban J connectivity index is 2.24. The number of nitrogens with zero attached hydrogens (tertiary/aromatic N) is 1. The molecule has 0 saturated carbocycles. The molecule has 0 radical (unpaired) electrons. The van der Waals surface area contributed by atoms with Crippen molar-refractivity contribution in [3.8, 4) is 0 Å². The molecular weight excluding hydrogens is 310 g/mol. The number of aryl methyl sites for hydroxylation is 1. The van der Waals surface area contributed by atoms with Gasteiger partial charge in [-0.25, -0.2) is 4.79 Å². The van der Waals surface area contributed by atoms with Crippen molar-refractivity contribution < 1.29 is 9.90 Å². The van der Waals surface area contributed by atoms with E-state index in [1.165, 1.54) is 0 Å². The zero-order valence-corrected chi connectivity index (χ0v) is 11.6. The van der Waals surface area contributed by atoms with Crippen molar-refractivity contribution in [3.63, 3.8) is 0 Å². The summed E-state index contributed by atoms with van der Waals surface area (Å²) in [7, 11) is 0. The van der Waals surface area contributed by atoms with Crippen LogP contribution in [0.3, 0.4) is 0 Å². The van der Waals surface area contributed by atoms with Gasteiger partial charge in [0.05, 0.1) is 0 Å². The highest BCUT2D eigenvalue weighted by atomic mass is 79.9. The molecule has 0 spiro atoms. The maximum atomic E-state index is 10.7. The number of hydrogen-bond acceptors (Lipinski definition) is 3. The van der Waals surface area contributed by atoms with Crippen molar-refractivity contribution in [1.29, 1.82) is 0 Å². The first kappa shape index (κ1) is 13.7. The number of carbonyl (C=O) groups is 1. The highest BCUT2D eigenvalue weighted by Crippen LogP contribution is 2.28. The van der Waals surface area contributed by atoms with E-state index in [4.69, 9.17) is 5.11 Å². The molecule has 1 unspecified atom stereocenters. The van der Waals surface area contributed by atoms with E-state index in [0.29, 0.717) is 6.42 Å². The minimum Gasteiger partial charge on any atom is -0.480 e. The van der Waals surface area contributed by atoms with Crippen LogP contribution in [-0.2, 0) is 11.2 Å². The van der Waals surface area contributed by atoms with Crippen molar-refractivity contribution in [1.82, 2.24) is 0 Å². The lowest BCUT2D eigenvalue weighted by atomic mass is 10.0. The second-order valence-corrected chi connectivity index (χ2v) is 5.05. The topological polar surface area (TPSA) is 66.7 Å². The van der Waals surface area contributed by atoms with Crippen molar-refractivity contribution in [2.75, 3.05) is 0 Å². The molecule has 0 aliphatic rings. The Morgan fingerprint density at radius 3 is 2.68 bits per heavy atom. The Morgan fingerprint density at radius 2 is 2.00 bits per heavy atom. The molecule has 0 saturated heterocycles. The van der Waals surface area contributed by atoms with Crippen LogP contribution >= 0.6 is 15.9 Å². The number of fused-ring (bicyclic) bond motifs is 1. The third-order valence-corrected chi connectivity index (χ3v) is 3.98. The van der Waals surface area contributed by atoms with E-state index in [1.807, 2.05) is 36.4 Å². The largest absolute Gasteiger partial charge is 0.480 e. The summed E-state index contributed by atoms with van der Waals surface area (Å²) in [6, 6.07) is 10.7. The summed E-state index contributed by atoms with van der Waals surface area (Å²) in [5.74, 6) is -1.17. The van der Waals surface area contributed by atoms with Crippen LogP contribution in [0.2, 0.25) is 0 Å². The summed E-state index contributed by atoms with van der Waals surface area (Å²) in [6.45, 7) is 0. The molecule has 0 aliphatic carbocycles. The molecule has 2 aromatic rings. The summed E-state index contributed by atoms with van der Waals surface area (Å²) in [4.78, 5) is 21.2. The number of benzene rings is 2. The van der Waals surface area contributed by atoms with Crippen LogP contribution in [0.15, 0.2) is 46.0 Å². The predicted molar refractivity (Wildman–Crippen MR) is 77.2 cm³/mol. The van der Waals surface area contributed by atoms with Crippen LogP contribution < -0.4 is 0 Å². The smallest absolute Gasteiger partial charge is 0.332 e. The highest BCUT2D eigenvalue weighted by molar-refractivity contribution is 9.10. The molecule has 2 aromatic carbocycles. The minimum absolute atomic E-state index is 0.204. The summed E-state index contributed by atoms with van der Waals surface area (Å²) >= 11 is 3.53. The van der Waals surface area contributed by atoms with Crippen LogP contribution in [0.25, 0.3) is 10.8 Å². The Labute approximate surface area is 118 Å². The van der Waals surface area contributed by atoms with E-state index >= 15 is 0 Å². The van der Waals surface area contributed by atoms with Gasteiger partial charge in [-0.15, -0.1) is 4.91 Å². The van der Waals surface area contributed by atoms with Crippen molar-refractivity contribution >= 4 is 32.7 Å². The van der Waals surface area contributed by atoms with E-state index in [9.17, 15) is 9.70 Å². The van der Waals surface area contributed by atoms with Crippen molar-refractivity contribution in [2.24, 2.45) is 5.18 Å². The Kier molecular flexibility index (Phi) is 4.27. The number of aliphatic carboxylic acids is 1. The molecule has 0 aromatic heterocycles. The van der Waals surface area contributed by atoms with Gasteiger partial charge in [-0.2, -0.15) is 0 Å². The Bertz CT molecular complexity index is 627. The van der Waals surface area contributed by atoms with Crippen LogP contribution in [0.4, 0.5) is 0 Å². The van der Waals surface area contributed by atoms with E-state index in [1.54, 1.807) is 0 Å². The summed E-state index contributed by atoms with van der Waals surface area (Å²) in [6.07, 6.45) is 0.698. The van der Waals surface area contributed by atoms with Gasteiger partial charge >= 0.3 is 5.97 Å². The summed E-state index contributed by atoms with van der Waals surface area (Å²) in [5, 5.41) is 13.6. The summed E-state index contributed by atoms with van der Waals surface area (Å²) in [5.41, 5.74) is 0.980. The van der Waals surface area contributed by atoms with Gasteiger partial charge in [-0.05, 0) is 45.1 Å². The van der Waals surface area contributed by atoms with Gasteiger partial charge in [0.15, 0.2) is 6.04 Å². The van der Waals surface area contributed by atoms with Gasteiger partial charge in [0.2, 0.25) is 0 Å². The first-order chi connectivity index (χ1) is 9.13. The molecule has 0 aliphatic heterocycles. The zero-order chi connectivity index (χ0) is 13.8. The van der Waals surface area contributed by atoms with E-state index in [-0.39, 0.29) is 6.42 Å².